The number of aldehydes is 1. The molecule has 0 radical (unpaired) electrons. The van der Waals surface area contributed by atoms with E-state index < -0.39 is 16.4 Å². The third-order valence-corrected chi connectivity index (χ3v) is 1.90. The van der Waals surface area contributed by atoms with Crippen molar-refractivity contribution in [3.8, 4) is 0 Å². The smallest absolute Gasteiger partial charge is 0.280 e. The molecule has 84 valence electrons. The number of rotatable bonds is 4. The molecule has 16 heavy (non-hydrogen) atoms. The van der Waals surface area contributed by atoms with E-state index in [4.69, 9.17) is 0 Å². The molecule has 0 aliphatic rings. The quantitative estimate of drug-likeness (QED) is 0.480. The second-order valence-corrected chi connectivity index (χ2v) is 2.92. The van der Waals surface area contributed by atoms with Crippen LogP contribution in [0.2, 0.25) is 0 Å². The van der Waals surface area contributed by atoms with Crippen LogP contribution in [0.15, 0.2) is 18.3 Å². The van der Waals surface area contributed by atoms with Crippen LogP contribution in [-0.4, -0.2) is 18.3 Å². The Bertz CT molecular complexity index is 458. The second kappa shape index (κ2) is 5.01. The monoisotopic (exact) mass is 224 g/mol. The number of nitrogens with zero attached hydrogens (tertiary/aromatic N) is 1. The molecule has 0 saturated heterocycles. The Morgan fingerprint density at radius 3 is 2.69 bits per heavy atom. The van der Waals surface area contributed by atoms with Crippen molar-refractivity contribution in [2.24, 2.45) is 0 Å². The molecule has 1 aromatic carbocycles. The number of nitro benzene ring substituents is 1. The van der Waals surface area contributed by atoms with Crippen LogP contribution >= 0.6 is 0 Å². The highest BCUT2D eigenvalue weighted by molar-refractivity contribution is 5.85. The molecule has 0 spiro atoms. The van der Waals surface area contributed by atoms with Crippen molar-refractivity contribution < 1.29 is 14.1 Å². The van der Waals surface area contributed by atoms with Crippen LogP contribution in [0.25, 0.3) is 6.08 Å². The van der Waals surface area contributed by atoms with Crippen molar-refractivity contribution >= 4 is 18.0 Å². The summed E-state index contributed by atoms with van der Waals surface area (Å²) < 4.78 is 13.0. The van der Waals surface area contributed by atoms with Crippen LogP contribution in [0.1, 0.15) is 15.9 Å². The van der Waals surface area contributed by atoms with Gasteiger partial charge in [-0.3, -0.25) is 14.9 Å². The third kappa shape index (κ3) is 2.41. The molecule has 1 N–H and O–H groups in total. The number of nitro groups is 1. The number of nitrogens with one attached hydrogen (secondary N) is 1. The maximum Gasteiger partial charge on any atom is 0.280 e. The number of carbonyl (C=O) groups excluding carboxylic acids is 1. The summed E-state index contributed by atoms with van der Waals surface area (Å²) in [7, 11) is 1.60. The summed E-state index contributed by atoms with van der Waals surface area (Å²) in [6, 6.07) is 1.73. The van der Waals surface area contributed by atoms with Gasteiger partial charge in [-0.05, 0) is 18.3 Å². The predicted octanol–water partition coefficient (Wildman–Crippen LogP) is 1.74. The Hall–Kier alpha value is -2.24. The van der Waals surface area contributed by atoms with Gasteiger partial charge in [0.2, 0.25) is 0 Å². The summed E-state index contributed by atoms with van der Waals surface area (Å²) in [6.07, 6.45) is 3.15. The Kier molecular flexibility index (Phi) is 3.71. The molecule has 0 unspecified atom stereocenters. The fraction of sp³-hybridized carbons (Fsp3) is 0.100. The summed E-state index contributed by atoms with van der Waals surface area (Å²) in [6.45, 7) is 0. The van der Waals surface area contributed by atoms with Crippen molar-refractivity contribution in [1.29, 1.82) is 0 Å². The van der Waals surface area contributed by atoms with Crippen LogP contribution in [-0.2, 0) is 0 Å². The van der Waals surface area contributed by atoms with Gasteiger partial charge in [0.05, 0.1) is 16.6 Å². The molecule has 0 fully saturated rings. The summed E-state index contributed by atoms with van der Waals surface area (Å²) in [4.78, 5) is 20.6. The zero-order valence-electron chi connectivity index (χ0n) is 8.44. The second-order valence-electron chi connectivity index (χ2n) is 2.92. The van der Waals surface area contributed by atoms with Gasteiger partial charge in [-0.2, -0.15) is 0 Å². The molecule has 0 aromatic heterocycles. The average Bonchev–Trinajstić information content (AvgIpc) is 2.26. The van der Waals surface area contributed by atoms with Gasteiger partial charge in [0, 0.05) is 12.6 Å². The lowest BCUT2D eigenvalue weighted by Gasteiger charge is -2.01. The van der Waals surface area contributed by atoms with Crippen LogP contribution in [0, 0.1) is 15.9 Å². The molecule has 1 rings (SSSR count). The number of halogens is 1. The molecule has 0 heterocycles. The zero-order chi connectivity index (χ0) is 12.1. The van der Waals surface area contributed by atoms with Gasteiger partial charge in [0.1, 0.15) is 5.82 Å². The summed E-state index contributed by atoms with van der Waals surface area (Å²) in [5.74, 6) is -0.810. The van der Waals surface area contributed by atoms with E-state index in [1.165, 1.54) is 12.3 Å². The SMILES string of the molecule is CN/C=C\c1c(C=O)cc(F)cc1[N+](=O)[O-]. The van der Waals surface area contributed by atoms with E-state index in [0.717, 1.165) is 12.1 Å². The lowest BCUT2D eigenvalue weighted by atomic mass is 10.1. The van der Waals surface area contributed by atoms with Crippen molar-refractivity contribution in [2.75, 3.05) is 7.05 Å². The zero-order valence-corrected chi connectivity index (χ0v) is 8.44. The number of hydrogen-bond donors (Lipinski definition) is 1. The molecule has 0 aliphatic carbocycles. The molecular formula is C10H9FN2O3. The van der Waals surface area contributed by atoms with Crippen molar-refractivity contribution in [3.63, 3.8) is 0 Å². The maximum atomic E-state index is 13.0. The molecule has 0 bridgehead atoms. The predicted molar refractivity (Wildman–Crippen MR) is 56.5 cm³/mol. The van der Waals surface area contributed by atoms with Gasteiger partial charge in [-0.15, -0.1) is 0 Å². The topological polar surface area (TPSA) is 72.2 Å². The largest absolute Gasteiger partial charge is 0.394 e. The molecular weight excluding hydrogens is 215 g/mol. The molecule has 0 saturated carbocycles. The molecule has 0 amide bonds. The normalized spacial score (nSPS) is 10.4. The third-order valence-electron chi connectivity index (χ3n) is 1.90. The first kappa shape index (κ1) is 11.8. The first-order valence-electron chi connectivity index (χ1n) is 4.37. The minimum Gasteiger partial charge on any atom is -0.394 e. The van der Waals surface area contributed by atoms with E-state index in [1.54, 1.807) is 7.05 Å². The highest BCUT2D eigenvalue weighted by Crippen LogP contribution is 2.24. The molecule has 0 atom stereocenters. The number of hydrogen-bond acceptors (Lipinski definition) is 4. The number of benzene rings is 1. The Morgan fingerprint density at radius 1 is 1.50 bits per heavy atom. The minimum atomic E-state index is -0.810. The highest BCUT2D eigenvalue weighted by atomic mass is 19.1. The lowest BCUT2D eigenvalue weighted by molar-refractivity contribution is -0.385. The Balaban J connectivity index is 3.44. The van der Waals surface area contributed by atoms with E-state index in [1.807, 2.05) is 0 Å². The van der Waals surface area contributed by atoms with E-state index >= 15 is 0 Å². The highest BCUT2D eigenvalue weighted by Gasteiger charge is 2.17. The van der Waals surface area contributed by atoms with Crippen LogP contribution in [0.4, 0.5) is 10.1 Å². The first-order chi connectivity index (χ1) is 7.60. The van der Waals surface area contributed by atoms with Crippen molar-refractivity contribution in [1.82, 2.24) is 5.32 Å². The van der Waals surface area contributed by atoms with Crippen molar-refractivity contribution in [3.05, 3.63) is 45.4 Å². The van der Waals surface area contributed by atoms with Gasteiger partial charge in [-0.25, -0.2) is 4.39 Å². The first-order valence-corrected chi connectivity index (χ1v) is 4.37. The minimum absolute atomic E-state index is 0.0572. The molecule has 6 heteroatoms. The standard InChI is InChI=1S/C10H9FN2O3/c1-12-3-2-9-7(6-14)4-8(11)5-10(9)13(15)16/h2-6,12H,1H3/b3-2-. The van der Waals surface area contributed by atoms with Gasteiger partial charge in [0.15, 0.2) is 6.29 Å². The Morgan fingerprint density at radius 2 is 2.19 bits per heavy atom. The average molecular weight is 224 g/mol. The lowest BCUT2D eigenvalue weighted by Crippen LogP contribution is -1.99. The van der Waals surface area contributed by atoms with E-state index in [2.05, 4.69) is 5.32 Å². The van der Waals surface area contributed by atoms with Crippen LogP contribution in [0.5, 0.6) is 0 Å². The van der Waals surface area contributed by atoms with Crippen LogP contribution < -0.4 is 5.32 Å². The number of carbonyl (C=O) groups is 1. The summed E-state index contributed by atoms with van der Waals surface area (Å²) in [5, 5.41) is 13.3. The van der Waals surface area contributed by atoms with Gasteiger partial charge in [-0.1, -0.05) is 0 Å². The van der Waals surface area contributed by atoms with Gasteiger partial charge >= 0.3 is 0 Å². The molecule has 1 aromatic rings. The van der Waals surface area contributed by atoms with Gasteiger partial charge in [0.25, 0.3) is 5.69 Å². The van der Waals surface area contributed by atoms with Crippen molar-refractivity contribution in [2.45, 2.75) is 0 Å². The van der Waals surface area contributed by atoms with E-state index in [0.29, 0.717) is 6.29 Å². The maximum absolute atomic E-state index is 13.0. The van der Waals surface area contributed by atoms with Crippen LogP contribution in [0.3, 0.4) is 0 Å². The van der Waals surface area contributed by atoms with E-state index in [-0.39, 0.29) is 11.1 Å². The van der Waals surface area contributed by atoms with Gasteiger partial charge < -0.3 is 5.32 Å². The fourth-order valence-corrected chi connectivity index (χ4v) is 1.22. The summed E-state index contributed by atoms with van der Waals surface area (Å²) in [5.41, 5.74) is -0.414. The van der Waals surface area contributed by atoms with E-state index in [9.17, 15) is 19.3 Å². The Labute approximate surface area is 90.7 Å². The molecule has 5 nitrogen and oxygen atoms in total. The summed E-state index contributed by atoms with van der Waals surface area (Å²) >= 11 is 0. The molecule has 0 aliphatic heterocycles. The fourth-order valence-electron chi connectivity index (χ4n) is 1.22.